The van der Waals surface area contributed by atoms with Gasteiger partial charge in [-0.1, -0.05) is 0 Å². The number of hydrogen-bond donors (Lipinski definition) is 4. The van der Waals surface area contributed by atoms with Crippen LogP contribution in [-0.2, 0) is 16.6 Å². The number of sulfonamides is 1. The van der Waals surface area contributed by atoms with Crippen LogP contribution in [0.1, 0.15) is 21.1 Å². The zero-order valence-electron chi connectivity index (χ0n) is 15.7. The summed E-state index contributed by atoms with van der Waals surface area (Å²) < 4.78 is 27.7. The number of rotatable bonds is 6. The van der Waals surface area contributed by atoms with Crippen LogP contribution in [-0.4, -0.2) is 29.3 Å². The highest BCUT2D eigenvalue weighted by Gasteiger charge is 2.16. The summed E-state index contributed by atoms with van der Waals surface area (Å²) in [5.74, 6) is -0.279. The molecule has 0 unspecified atom stereocenters. The number of aryl methyl sites for hydroxylation is 1. The van der Waals surface area contributed by atoms with Crippen molar-refractivity contribution in [3.8, 4) is 0 Å². The maximum atomic E-state index is 12.6. The van der Waals surface area contributed by atoms with Crippen LogP contribution in [0.15, 0.2) is 57.5 Å². The van der Waals surface area contributed by atoms with Gasteiger partial charge in [0.1, 0.15) is 5.01 Å². The maximum Gasteiger partial charge on any atom is 0.323 e. The minimum Gasteiger partial charge on any atom is -0.346 e. The third-order valence-corrected chi connectivity index (χ3v) is 6.61. The number of anilines is 1. The molecular weight excluding hydrogens is 426 g/mol. The van der Waals surface area contributed by atoms with Gasteiger partial charge >= 0.3 is 5.69 Å². The standard InChI is InChI=1S/C19H17N5O4S2/c1-11-10-29-17(21-11)9-20-18(25)12-2-4-13(5-3-12)24-30(27,28)14-6-7-15-16(8-14)23-19(26)22-15/h2-8,10,24H,9H2,1H3,(H,20,25)(H2,22,23,26). The molecule has 2 aromatic carbocycles. The Morgan fingerprint density at radius 3 is 2.53 bits per heavy atom. The van der Waals surface area contributed by atoms with E-state index in [4.69, 9.17) is 0 Å². The van der Waals surface area contributed by atoms with Crippen molar-refractivity contribution >= 4 is 44.0 Å². The summed E-state index contributed by atoms with van der Waals surface area (Å²) in [6, 6.07) is 10.4. The number of amides is 1. The number of fused-ring (bicyclic) bond motifs is 1. The first-order chi connectivity index (χ1) is 14.3. The normalized spacial score (nSPS) is 11.5. The summed E-state index contributed by atoms with van der Waals surface area (Å²) >= 11 is 1.47. The quantitative estimate of drug-likeness (QED) is 0.363. The van der Waals surface area contributed by atoms with Gasteiger partial charge in [-0.2, -0.15) is 0 Å². The van der Waals surface area contributed by atoms with E-state index in [2.05, 4.69) is 25.0 Å². The van der Waals surface area contributed by atoms with E-state index in [0.717, 1.165) is 10.7 Å². The number of aromatic nitrogens is 3. The highest BCUT2D eigenvalue weighted by molar-refractivity contribution is 7.92. The van der Waals surface area contributed by atoms with Crippen molar-refractivity contribution in [3.63, 3.8) is 0 Å². The van der Waals surface area contributed by atoms with E-state index < -0.39 is 15.7 Å². The topological polar surface area (TPSA) is 137 Å². The first kappa shape index (κ1) is 19.9. The molecular formula is C19H17N5O4S2. The number of aromatic amines is 2. The summed E-state index contributed by atoms with van der Waals surface area (Å²) in [7, 11) is -3.87. The van der Waals surface area contributed by atoms with E-state index in [-0.39, 0.29) is 10.8 Å². The Bertz CT molecular complexity index is 1380. The Morgan fingerprint density at radius 2 is 1.83 bits per heavy atom. The molecule has 0 aliphatic rings. The van der Waals surface area contributed by atoms with Crippen molar-refractivity contribution in [1.82, 2.24) is 20.3 Å². The van der Waals surface area contributed by atoms with Gasteiger partial charge in [-0.15, -0.1) is 11.3 Å². The summed E-state index contributed by atoms with van der Waals surface area (Å²) in [5.41, 5.74) is 2.11. The van der Waals surface area contributed by atoms with Gasteiger partial charge in [0.05, 0.1) is 22.5 Å². The van der Waals surface area contributed by atoms with E-state index in [0.29, 0.717) is 28.8 Å². The number of benzene rings is 2. The van der Waals surface area contributed by atoms with Crippen LogP contribution in [0, 0.1) is 6.92 Å². The third-order valence-electron chi connectivity index (χ3n) is 4.26. The molecule has 30 heavy (non-hydrogen) atoms. The predicted octanol–water partition coefficient (Wildman–Crippen LogP) is 2.35. The molecule has 4 aromatic rings. The number of imidazole rings is 1. The molecule has 0 atom stereocenters. The fourth-order valence-corrected chi connectivity index (χ4v) is 4.62. The number of H-pyrrole nitrogens is 2. The Morgan fingerprint density at radius 1 is 1.10 bits per heavy atom. The van der Waals surface area contributed by atoms with Crippen molar-refractivity contribution in [3.05, 3.63) is 74.6 Å². The molecule has 2 heterocycles. The Kier molecular flexibility index (Phi) is 5.14. The van der Waals surface area contributed by atoms with Crippen LogP contribution in [0.4, 0.5) is 5.69 Å². The van der Waals surface area contributed by atoms with E-state index in [1.54, 1.807) is 0 Å². The molecule has 0 aliphatic carbocycles. The molecule has 4 rings (SSSR count). The number of nitrogens with one attached hydrogen (secondary N) is 4. The molecule has 0 fully saturated rings. The Balaban J connectivity index is 1.45. The average Bonchev–Trinajstić information content (AvgIpc) is 3.29. The molecule has 0 saturated heterocycles. The molecule has 0 bridgehead atoms. The largest absolute Gasteiger partial charge is 0.346 e. The summed E-state index contributed by atoms with van der Waals surface area (Å²) in [6.45, 7) is 2.22. The predicted molar refractivity (Wildman–Crippen MR) is 114 cm³/mol. The second-order valence-corrected chi connectivity index (χ2v) is 9.16. The van der Waals surface area contributed by atoms with E-state index in [1.807, 2.05) is 12.3 Å². The molecule has 9 nitrogen and oxygen atoms in total. The van der Waals surface area contributed by atoms with Crippen molar-refractivity contribution in [1.29, 1.82) is 0 Å². The van der Waals surface area contributed by atoms with E-state index >= 15 is 0 Å². The minimum atomic E-state index is -3.87. The first-order valence-electron chi connectivity index (χ1n) is 8.84. The number of carbonyl (C=O) groups is 1. The van der Waals surface area contributed by atoms with Gasteiger partial charge in [0, 0.05) is 22.3 Å². The van der Waals surface area contributed by atoms with Crippen LogP contribution in [0.25, 0.3) is 11.0 Å². The number of hydrogen-bond acceptors (Lipinski definition) is 6. The second-order valence-electron chi connectivity index (χ2n) is 6.53. The average molecular weight is 444 g/mol. The van der Waals surface area contributed by atoms with Crippen LogP contribution in [0.5, 0.6) is 0 Å². The molecule has 0 saturated carbocycles. The molecule has 154 valence electrons. The minimum absolute atomic E-state index is 0.00538. The lowest BCUT2D eigenvalue weighted by Crippen LogP contribution is -2.22. The molecule has 2 aromatic heterocycles. The number of nitrogens with zero attached hydrogens (tertiary/aromatic N) is 1. The SMILES string of the molecule is Cc1csc(CNC(=O)c2ccc(NS(=O)(=O)c3ccc4[nH]c(=O)[nH]c4c3)cc2)n1. The molecule has 0 radical (unpaired) electrons. The van der Waals surface area contributed by atoms with Gasteiger partial charge < -0.3 is 15.3 Å². The molecule has 4 N–H and O–H groups in total. The highest BCUT2D eigenvalue weighted by Crippen LogP contribution is 2.19. The highest BCUT2D eigenvalue weighted by atomic mass is 32.2. The van der Waals surface area contributed by atoms with Crippen LogP contribution >= 0.6 is 11.3 Å². The Labute approximate surface area is 175 Å². The number of carbonyl (C=O) groups excluding carboxylic acids is 1. The second kappa shape index (κ2) is 7.76. The molecule has 1 amide bonds. The zero-order chi connectivity index (χ0) is 21.3. The summed E-state index contributed by atoms with van der Waals surface area (Å²) in [6.07, 6.45) is 0. The van der Waals surface area contributed by atoms with Gasteiger partial charge in [0.2, 0.25) is 0 Å². The summed E-state index contributed by atoms with van der Waals surface area (Å²) in [4.78, 5) is 33.0. The fourth-order valence-electron chi connectivity index (χ4n) is 2.82. The first-order valence-corrected chi connectivity index (χ1v) is 11.2. The van der Waals surface area contributed by atoms with Crippen LogP contribution < -0.4 is 15.7 Å². The summed E-state index contributed by atoms with van der Waals surface area (Å²) in [5, 5.41) is 5.50. The van der Waals surface area contributed by atoms with Crippen molar-refractivity contribution in [2.45, 2.75) is 18.4 Å². The Hall–Kier alpha value is -3.44. The third kappa shape index (κ3) is 4.26. The van der Waals surface area contributed by atoms with Gasteiger partial charge in [-0.3, -0.25) is 9.52 Å². The molecule has 0 aliphatic heterocycles. The zero-order valence-corrected chi connectivity index (χ0v) is 17.4. The lowest BCUT2D eigenvalue weighted by atomic mass is 10.2. The van der Waals surface area contributed by atoms with Crippen molar-refractivity contribution in [2.75, 3.05) is 4.72 Å². The molecule has 0 spiro atoms. The van der Waals surface area contributed by atoms with Crippen molar-refractivity contribution < 1.29 is 13.2 Å². The monoisotopic (exact) mass is 443 g/mol. The van der Waals surface area contributed by atoms with Crippen molar-refractivity contribution in [2.24, 2.45) is 0 Å². The smallest absolute Gasteiger partial charge is 0.323 e. The van der Waals surface area contributed by atoms with Gasteiger partial charge in [-0.05, 0) is 49.4 Å². The molecule has 11 heteroatoms. The van der Waals surface area contributed by atoms with E-state index in [1.165, 1.54) is 53.8 Å². The van der Waals surface area contributed by atoms with Gasteiger partial charge in [-0.25, -0.2) is 18.2 Å². The number of thiazole rings is 1. The maximum absolute atomic E-state index is 12.6. The van der Waals surface area contributed by atoms with Crippen LogP contribution in [0.2, 0.25) is 0 Å². The van der Waals surface area contributed by atoms with Gasteiger partial charge in [0.25, 0.3) is 15.9 Å². The van der Waals surface area contributed by atoms with Gasteiger partial charge in [0.15, 0.2) is 0 Å². The van der Waals surface area contributed by atoms with E-state index in [9.17, 15) is 18.0 Å². The fraction of sp³-hybridized carbons (Fsp3) is 0.105. The lowest BCUT2D eigenvalue weighted by Gasteiger charge is -2.09. The van der Waals surface area contributed by atoms with Crippen LogP contribution in [0.3, 0.4) is 0 Å². The lowest BCUT2D eigenvalue weighted by molar-refractivity contribution is 0.0951.